The molecule has 1 heterocycles. The second-order valence-corrected chi connectivity index (χ2v) is 7.95. The third-order valence-corrected chi connectivity index (χ3v) is 5.61. The number of amides is 2. The third-order valence-electron chi connectivity index (χ3n) is 3.64. The molecule has 0 aliphatic heterocycles. The number of benzene rings is 1. The van der Waals surface area contributed by atoms with Crippen LogP contribution in [0.2, 0.25) is 0 Å². The van der Waals surface area contributed by atoms with E-state index in [4.69, 9.17) is 9.47 Å². The van der Waals surface area contributed by atoms with Gasteiger partial charge in [-0.2, -0.15) is 0 Å². The van der Waals surface area contributed by atoms with E-state index in [-0.39, 0.29) is 17.6 Å². The summed E-state index contributed by atoms with van der Waals surface area (Å²) in [6.07, 6.45) is 1.91. The third kappa shape index (κ3) is 7.01. The van der Waals surface area contributed by atoms with Crippen molar-refractivity contribution < 1.29 is 19.1 Å². The van der Waals surface area contributed by atoms with Crippen LogP contribution in [0.5, 0.6) is 11.5 Å². The molecule has 0 saturated heterocycles. The van der Waals surface area contributed by atoms with Gasteiger partial charge in [0.1, 0.15) is 0 Å². The summed E-state index contributed by atoms with van der Waals surface area (Å²) in [4.78, 5) is 23.6. The molecule has 8 nitrogen and oxygen atoms in total. The quantitative estimate of drug-likeness (QED) is 0.422. The summed E-state index contributed by atoms with van der Waals surface area (Å²) in [5.41, 5.74) is 1.04. The van der Waals surface area contributed by atoms with Gasteiger partial charge in [0.2, 0.25) is 16.9 Å². The molecule has 0 aliphatic rings. The number of methoxy groups -OCH3 is 2. The first-order valence-corrected chi connectivity index (χ1v) is 10.6. The monoisotopic (exact) mass is 424 g/mol. The molecular weight excluding hydrogens is 400 g/mol. The Hall–Kier alpha value is -2.33. The molecule has 0 unspecified atom stereocenters. The Balaban J connectivity index is 1.72. The van der Waals surface area contributed by atoms with E-state index in [1.165, 1.54) is 23.1 Å². The van der Waals surface area contributed by atoms with Crippen molar-refractivity contribution in [1.29, 1.82) is 0 Å². The predicted octanol–water partition coefficient (Wildman–Crippen LogP) is 2.74. The topological polar surface area (TPSA) is 102 Å². The molecule has 0 spiro atoms. The largest absolute Gasteiger partial charge is 0.493 e. The first-order valence-electron chi connectivity index (χ1n) is 8.79. The van der Waals surface area contributed by atoms with E-state index in [9.17, 15) is 9.59 Å². The highest BCUT2D eigenvalue weighted by Crippen LogP contribution is 2.28. The van der Waals surface area contributed by atoms with E-state index >= 15 is 0 Å². The van der Waals surface area contributed by atoms with Crippen LogP contribution in [0, 0.1) is 0 Å². The van der Waals surface area contributed by atoms with Crippen LogP contribution in [0.4, 0.5) is 5.13 Å². The van der Waals surface area contributed by atoms with E-state index in [0.29, 0.717) is 40.4 Å². The van der Waals surface area contributed by atoms with Gasteiger partial charge in [-0.05, 0) is 30.5 Å². The minimum absolute atomic E-state index is 0.0805. The van der Waals surface area contributed by atoms with Crippen LogP contribution in [-0.4, -0.2) is 48.5 Å². The summed E-state index contributed by atoms with van der Waals surface area (Å²) in [7, 11) is 3.18. The second kappa shape index (κ2) is 11.5. The number of anilines is 1. The number of hydrogen-bond acceptors (Lipinski definition) is 8. The Labute approximate surface area is 172 Å². The highest BCUT2D eigenvalue weighted by Gasteiger charge is 2.10. The van der Waals surface area contributed by atoms with Crippen LogP contribution in [0.25, 0.3) is 0 Å². The molecule has 152 valence electrons. The molecule has 0 radical (unpaired) electrons. The highest BCUT2D eigenvalue weighted by molar-refractivity contribution is 8.01. The number of carbonyl (C=O) groups excluding carboxylic acids is 2. The Morgan fingerprint density at radius 2 is 1.93 bits per heavy atom. The Morgan fingerprint density at radius 1 is 1.14 bits per heavy atom. The highest BCUT2D eigenvalue weighted by atomic mass is 32.2. The van der Waals surface area contributed by atoms with Crippen molar-refractivity contribution in [1.82, 2.24) is 15.5 Å². The molecule has 1 aromatic carbocycles. The van der Waals surface area contributed by atoms with Gasteiger partial charge in [0.15, 0.2) is 15.8 Å². The van der Waals surface area contributed by atoms with E-state index < -0.39 is 0 Å². The Morgan fingerprint density at radius 3 is 2.64 bits per heavy atom. The van der Waals surface area contributed by atoms with Gasteiger partial charge >= 0.3 is 0 Å². The summed E-state index contributed by atoms with van der Waals surface area (Å²) in [6, 6.07) is 5.69. The van der Waals surface area contributed by atoms with Crippen molar-refractivity contribution in [3.8, 4) is 11.5 Å². The van der Waals surface area contributed by atoms with Crippen molar-refractivity contribution in [2.45, 2.75) is 30.5 Å². The minimum atomic E-state index is -0.0859. The lowest BCUT2D eigenvalue weighted by molar-refractivity contribution is -0.118. The lowest BCUT2D eigenvalue weighted by atomic mass is 10.1. The maximum absolute atomic E-state index is 12.0. The van der Waals surface area contributed by atoms with E-state index in [0.717, 1.165) is 12.0 Å². The summed E-state index contributed by atoms with van der Waals surface area (Å²) in [6.45, 7) is 2.45. The van der Waals surface area contributed by atoms with E-state index in [1.807, 2.05) is 25.1 Å². The van der Waals surface area contributed by atoms with Crippen molar-refractivity contribution in [2.75, 3.05) is 31.8 Å². The number of aromatic nitrogens is 2. The number of hydrogen-bond donors (Lipinski definition) is 2. The normalized spacial score (nSPS) is 10.4. The second-order valence-electron chi connectivity index (χ2n) is 5.75. The predicted molar refractivity (Wildman–Crippen MR) is 110 cm³/mol. The first kappa shape index (κ1) is 22.0. The zero-order valence-electron chi connectivity index (χ0n) is 16.1. The average molecular weight is 425 g/mol. The van der Waals surface area contributed by atoms with Crippen LogP contribution >= 0.6 is 23.1 Å². The molecule has 2 amide bonds. The molecule has 1 aromatic heterocycles. The lowest BCUT2D eigenvalue weighted by Gasteiger charge is -2.10. The van der Waals surface area contributed by atoms with Gasteiger partial charge in [-0.25, -0.2) is 0 Å². The molecule has 0 saturated carbocycles. The van der Waals surface area contributed by atoms with Crippen molar-refractivity contribution >= 4 is 40.0 Å². The Kier molecular flexibility index (Phi) is 9.02. The summed E-state index contributed by atoms with van der Waals surface area (Å²) < 4.78 is 11.1. The van der Waals surface area contributed by atoms with Gasteiger partial charge in [-0.1, -0.05) is 36.1 Å². The van der Waals surface area contributed by atoms with Crippen LogP contribution in [0.1, 0.15) is 25.3 Å². The zero-order chi connectivity index (χ0) is 20.4. The lowest BCUT2D eigenvalue weighted by Crippen LogP contribution is -2.27. The molecule has 2 aromatic rings. The van der Waals surface area contributed by atoms with Gasteiger partial charge in [-0.3, -0.25) is 9.59 Å². The van der Waals surface area contributed by atoms with Crippen LogP contribution in [0.15, 0.2) is 22.5 Å². The summed E-state index contributed by atoms with van der Waals surface area (Å²) in [5, 5.41) is 13.9. The maximum atomic E-state index is 12.0. The number of nitrogens with one attached hydrogen (secondary N) is 2. The number of nitrogens with zero attached hydrogens (tertiary/aromatic N) is 2. The Bertz CT molecular complexity index is 798. The number of ether oxygens (including phenoxy) is 2. The van der Waals surface area contributed by atoms with Gasteiger partial charge in [-0.15, -0.1) is 10.2 Å². The van der Waals surface area contributed by atoms with E-state index in [1.54, 1.807) is 14.2 Å². The molecule has 0 fully saturated rings. The fourth-order valence-corrected chi connectivity index (χ4v) is 3.89. The summed E-state index contributed by atoms with van der Waals surface area (Å²) >= 11 is 2.55. The van der Waals surface area contributed by atoms with Gasteiger partial charge in [0.05, 0.1) is 20.0 Å². The smallest absolute Gasteiger partial charge is 0.230 e. The van der Waals surface area contributed by atoms with Gasteiger partial charge < -0.3 is 20.1 Å². The SMILES string of the molecule is CCCC(=O)Nc1nnc(SCC(=O)NCCc2ccc(OC)c(OC)c2)s1. The van der Waals surface area contributed by atoms with Crippen molar-refractivity contribution in [3.05, 3.63) is 23.8 Å². The fraction of sp³-hybridized carbons (Fsp3) is 0.444. The molecule has 28 heavy (non-hydrogen) atoms. The molecule has 0 aliphatic carbocycles. The molecular formula is C18H24N4O4S2. The van der Waals surface area contributed by atoms with Crippen LogP contribution in [-0.2, 0) is 16.0 Å². The standard InChI is InChI=1S/C18H24N4O4S2/c1-4-5-15(23)20-17-21-22-18(28-17)27-11-16(24)19-9-8-12-6-7-13(25-2)14(10-12)26-3/h6-7,10H,4-5,8-9,11H2,1-3H3,(H,19,24)(H,20,21,23). The number of carbonyl (C=O) groups is 2. The average Bonchev–Trinajstić information content (AvgIpc) is 3.13. The zero-order valence-corrected chi connectivity index (χ0v) is 17.7. The fourth-order valence-electron chi connectivity index (χ4n) is 2.29. The van der Waals surface area contributed by atoms with Gasteiger partial charge in [0.25, 0.3) is 0 Å². The molecule has 0 atom stereocenters. The van der Waals surface area contributed by atoms with Crippen molar-refractivity contribution in [3.63, 3.8) is 0 Å². The van der Waals surface area contributed by atoms with E-state index in [2.05, 4.69) is 20.8 Å². The summed E-state index contributed by atoms with van der Waals surface area (Å²) in [5.74, 6) is 1.41. The first-order chi connectivity index (χ1) is 13.5. The van der Waals surface area contributed by atoms with Crippen molar-refractivity contribution in [2.24, 2.45) is 0 Å². The minimum Gasteiger partial charge on any atom is -0.493 e. The molecule has 10 heteroatoms. The number of rotatable bonds is 11. The number of thioether (sulfide) groups is 1. The molecule has 2 rings (SSSR count). The van der Waals surface area contributed by atoms with Gasteiger partial charge in [0, 0.05) is 13.0 Å². The van der Waals surface area contributed by atoms with Crippen LogP contribution < -0.4 is 20.1 Å². The molecule has 0 bridgehead atoms. The van der Waals surface area contributed by atoms with Crippen LogP contribution in [0.3, 0.4) is 0 Å². The molecule has 2 N–H and O–H groups in total. The maximum Gasteiger partial charge on any atom is 0.230 e.